The van der Waals surface area contributed by atoms with Crippen LogP contribution in [0.25, 0.3) is 16.5 Å². The van der Waals surface area contributed by atoms with Gasteiger partial charge in [0.1, 0.15) is 0 Å². The third-order valence-electron chi connectivity index (χ3n) is 5.22. The van der Waals surface area contributed by atoms with Crippen molar-refractivity contribution in [3.8, 4) is 5.69 Å². The monoisotopic (exact) mass is 397 g/mol. The number of fused-ring (bicyclic) bond motifs is 1. The molecule has 5 nitrogen and oxygen atoms in total. The Bertz CT molecular complexity index is 1220. The van der Waals surface area contributed by atoms with Gasteiger partial charge in [0.05, 0.1) is 11.9 Å². The first-order chi connectivity index (χ1) is 14.6. The van der Waals surface area contributed by atoms with Crippen LogP contribution in [0.5, 0.6) is 0 Å². The number of aliphatic hydroxyl groups is 1. The molecule has 0 aliphatic carbocycles. The zero-order chi connectivity index (χ0) is 21.1. The van der Waals surface area contributed by atoms with E-state index in [9.17, 15) is 9.90 Å². The maximum absolute atomic E-state index is 12.2. The summed E-state index contributed by atoms with van der Waals surface area (Å²) in [5, 5.41) is 16.6. The molecule has 0 radical (unpaired) electrons. The maximum Gasteiger partial charge on any atom is 0.273 e. The molecule has 1 atom stereocenters. The number of carbonyl (C=O) groups excluding carboxylic acids is 1. The minimum Gasteiger partial charge on any atom is -0.378 e. The van der Waals surface area contributed by atoms with Gasteiger partial charge in [0.15, 0.2) is 6.10 Å². The van der Waals surface area contributed by atoms with Gasteiger partial charge in [-0.15, -0.1) is 0 Å². The van der Waals surface area contributed by atoms with Crippen LogP contribution in [0.1, 0.15) is 28.6 Å². The summed E-state index contributed by atoms with van der Waals surface area (Å²) in [7, 11) is 0. The molecule has 4 aromatic rings. The van der Waals surface area contributed by atoms with Crippen LogP contribution in [0.2, 0.25) is 0 Å². The molecule has 30 heavy (non-hydrogen) atoms. The van der Waals surface area contributed by atoms with E-state index in [2.05, 4.69) is 45.4 Å². The van der Waals surface area contributed by atoms with Crippen molar-refractivity contribution in [3.05, 3.63) is 101 Å². The zero-order valence-electron chi connectivity index (χ0n) is 16.9. The van der Waals surface area contributed by atoms with E-state index in [1.165, 1.54) is 10.8 Å². The molecule has 1 heterocycles. The normalized spacial score (nSPS) is 12.4. The Morgan fingerprint density at radius 2 is 1.70 bits per heavy atom. The van der Waals surface area contributed by atoms with Crippen molar-refractivity contribution in [2.75, 3.05) is 0 Å². The molecule has 0 bridgehead atoms. The smallest absolute Gasteiger partial charge is 0.273 e. The second-order valence-corrected chi connectivity index (χ2v) is 7.21. The van der Waals surface area contributed by atoms with E-state index in [1.54, 1.807) is 30.5 Å². The van der Waals surface area contributed by atoms with E-state index < -0.39 is 12.0 Å². The number of nitrogens with one attached hydrogen (secondary N) is 1. The number of nitrogens with zero attached hydrogens (tertiary/aromatic N) is 2. The van der Waals surface area contributed by atoms with Gasteiger partial charge < -0.3 is 9.67 Å². The minimum absolute atomic E-state index is 0.527. The highest BCUT2D eigenvalue weighted by Gasteiger charge is 2.16. The molecule has 1 amide bonds. The first kappa shape index (κ1) is 19.6. The lowest BCUT2D eigenvalue weighted by Crippen LogP contribution is -2.25. The van der Waals surface area contributed by atoms with Crippen LogP contribution in [0, 0.1) is 13.8 Å². The fourth-order valence-corrected chi connectivity index (χ4v) is 3.71. The van der Waals surface area contributed by atoms with Gasteiger partial charge in [-0.3, -0.25) is 4.79 Å². The molecule has 0 spiro atoms. The predicted molar refractivity (Wildman–Crippen MR) is 120 cm³/mol. The number of rotatable bonds is 5. The Kier molecular flexibility index (Phi) is 5.46. The Morgan fingerprint density at radius 3 is 2.50 bits per heavy atom. The average Bonchev–Trinajstić information content (AvgIpc) is 3.06. The van der Waals surface area contributed by atoms with Gasteiger partial charge in [-0.05, 0) is 36.9 Å². The summed E-state index contributed by atoms with van der Waals surface area (Å²) in [6.45, 7) is 4.07. The Morgan fingerprint density at radius 1 is 1.00 bits per heavy atom. The first-order valence-electron chi connectivity index (χ1n) is 9.79. The summed E-state index contributed by atoms with van der Waals surface area (Å²) in [6, 6.07) is 25.3. The molecule has 4 rings (SSSR count). The molecule has 0 fully saturated rings. The van der Waals surface area contributed by atoms with E-state index in [0.717, 1.165) is 22.6 Å². The van der Waals surface area contributed by atoms with Gasteiger partial charge in [-0.2, -0.15) is 5.10 Å². The van der Waals surface area contributed by atoms with Crippen LogP contribution in [-0.2, 0) is 4.79 Å². The molecule has 5 heteroatoms. The number of hydrogen-bond donors (Lipinski definition) is 2. The second kappa shape index (κ2) is 8.35. The quantitative estimate of drug-likeness (QED) is 0.386. The number of aliphatic hydroxyl groups excluding tert-OH is 1. The molecule has 0 unspecified atom stereocenters. The lowest BCUT2D eigenvalue weighted by atomic mass is 10.1. The predicted octanol–water partition coefficient (Wildman–Crippen LogP) is 4.43. The van der Waals surface area contributed by atoms with E-state index >= 15 is 0 Å². The van der Waals surface area contributed by atoms with Gasteiger partial charge in [0, 0.05) is 22.3 Å². The van der Waals surface area contributed by atoms with E-state index in [0.29, 0.717) is 5.56 Å². The largest absolute Gasteiger partial charge is 0.378 e. The SMILES string of the molecule is Cc1cc(/C=N\NC(=O)[C@H](O)c2ccccc2)c(C)n1-c1cccc2ccccc12. The van der Waals surface area contributed by atoms with Crippen molar-refractivity contribution >= 4 is 22.9 Å². The van der Waals surface area contributed by atoms with Crippen LogP contribution >= 0.6 is 0 Å². The highest BCUT2D eigenvalue weighted by atomic mass is 16.3. The van der Waals surface area contributed by atoms with Crippen LogP contribution < -0.4 is 5.43 Å². The summed E-state index contributed by atoms with van der Waals surface area (Å²) >= 11 is 0. The molecule has 1 aromatic heterocycles. The highest BCUT2D eigenvalue weighted by molar-refractivity contribution is 5.91. The minimum atomic E-state index is -1.26. The number of amides is 1. The van der Waals surface area contributed by atoms with Crippen molar-refractivity contribution in [2.24, 2.45) is 5.10 Å². The topological polar surface area (TPSA) is 66.6 Å². The summed E-state index contributed by atoms with van der Waals surface area (Å²) in [5.41, 5.74) is 7.04. The molecular weight excluding hydrogens is 374 g/mol. The number of benzene rings is 3. The summed E-state index contributed by atoms with van der Waals surface area (Å²) in [5.74, 6) is -0.569. The molecule has 2 N–H and O–H groups in total. The van der Waals surface area contributed by atoms with Gasteiger partial charge in [-0.1, -0.05) is 66.7 Å². The Hall–Kier alpha value is -3.70. The van der Waals surface area contributed by atoms with E-state index in [4.69, 9.17) is 0 Å². The number of carbonyl (C=O) groups is 1. The number of aromatic nitrogens is 1. The van der Waals surface area contributed by atoms with Crippen molar-refractivity contribution in [1.29, 1.82) is 0 Å². The summed E-state index contributed by atoms with van der Waals surface area (Å²) < 4.78 is 2.18. The van der Waals surface area contributed by atoms with Gasteiger partial charge in [0.25, 0.3) is 5.91 Å². The number of hydrogen-bond acceptors (Lipinski definition) is 3. The van der Waals surface area contributed by atoms with Crippen molar-refractivity contribution in [2.45, 2.75) is 20.0 Å². The number of hydrazone groups is 1. The standard InChI is InChI=1S/C25H23N3O2/c1-17-15-21(16-26-27-25(30)24(29)20-10-4-3-5-11-20)18(2)28(17)23-14-8-12-19-9-6-7-13-22(19)23/h3-16,24,29H,1-2H3,(H,27,30)/b26-16-/t24-/m1/s1. The van der Waals surface area contributed by atoms with E-state index in [1.807, 2.05) is 38.1 Å². The summed E-state index contributed by atoms with van der Waals surface area (Å²) in [4.78, 5) is 12.2. The van der Waals surface area contributed by atoms with Gasteiger partial charge in [0.2, 0.25) is 0 Å². The van der Waals surface area contributed by atoms with Crippen LogP contribution in [-0.4, -0.2) is 21.8 Å². The van der Waals surface area contributed by atoms with Crippen LogP contribution in [0.3, 0.4) is 0 Å². The lowest BCUT2D eigenvalue weighted by molar-refractivity contribution is -0.129. The molecule has 150 valence electrons. The first-order valence-corrected chi connectivity index (χ1v) is 9.79. The van der Waals surface area contributed by atoms with Gasteiger partial charge in [-0.25, -0.2) is 5.43 Å². The zero-order valence-corrected chi connectivity index (χ0v) is 16.9. The van der Waals surface area contributed by atoms with Crippen LogP contribution in [0.15, 0.2) is 84.0 Å². The van der Waals surface area contributed by atoms with Crippen molar-refractivity contribution < 1.29 is 9.90 Å². The average molecular weight is 397 g/mol. The van der Waals surface area contributed by atoms with E-state index in [-0.39, 0.29) is 0 Å². The third kappa shape index (κ3) is 3.75. The molecular formula is C25H23N3O2. The molecule has 0 aliphatic rings. The fourth-order valence-electron chi connectivity index (χ4n) is 3.71. The highest BCUT2D eigenvalue weighted by Crippen LogP contribution is 2.26. The Balaban J connectivity index is 1.57. The summed E-state index contributed by atoms with van der Waals surface area (Å²) in [6.07, 6.45) is 0.353. The van der Waals surface area contributed by atoms with Crippen LogP contribution in [0.4, 0.5) is 0 Å². The molecule has 0 saturated carbocycles. The molecule has 0 saturated heterocycles. The molecule has 3 aromatic carbocycles. The molecule has 0 aliphatic heterocycles. The van der Waals surface area contributed by atoms with Gasteiger partial charge >= 0.3 is 0 Å². The number of aryl methyl sites for hydroxylation is 1. The fraction of sp³-hybridized carbons (Fsp3) is 0.120. The maximum atomic E-state index is 12.2. The third-order valence-corrected chi connectivity index (χ3v) is 5.22. The second-order valence-electron chi connectivity index (χ2n) is 7.21. The van der Waals surface area contributed by atoms with Crippen molar-refractivity contribution in [1.82, 2.24) is 9.99 Å². The lowest BCUT2D eigenvalue weighted by Gasteiger charge is -2.13. The Labute approximate surface area is 175 Å². The van der Waals surface area contributed by atoms with Crippen molar-refractivity contribution in [3.63, 3.8) is 0 Å².